The molecule has 2 N–H and O–H groups in total. The van der Waals surface area contributed by atoms with Gasteiger partial charge in [0.25, 0.3) is 0 Å². The van der Waals surface area contributed by atoms with Gasteiger partial charge in [-0.2, -0.15) is 5.26 Å². The van der Waals surface area contributed by atoms with Crippen LogP contribution in [0.3, 0.4) is 0 Å². The molecular weight excluding hydrogens is 230 g/mol. The van der Waals surface area contributed by atoms with Gasteiger partial charge in [0.15, 0.2) is 0 Å². The van der Waals surface area contributed by atoms with Crippen LogP contribution < -0.4 is 15.4 Å². The summed E-state index contributed by atoms with van der Waals surface area (Å²) in [5.74, 6) is 0.638. The van der Waals surface area contributed by atoms with E-state index in [0.717, 1.165) is 11.4 Å². The van der Waals surface area contributed by atoms with Crippen LogP contribution in [0.5, 0.6) is 5.75 Å². The molecule has 0 aliphatic heterocycles. The normalized spacial score (nSPS) is 9.33. The Morgan fingerprint density at radius 3 is 3.06 bits per heavy atom. The van der Waals surface area contributed by atoms with E-state index in [2.05, 4.69) is 10.6 Å². The van der Waals surface area contributed by atoms with Gasteiger partial charge in [0.05, 0.1) is 25.6 Å². The molecule has 0 saturated carbocycles. The Morgan fingerprint density at radius 2 is 2.33 bits per heavy atom. The molecule has 0 spiro atoms. The summed E-state index contributed by atoms with van der Waals surface area (Å²) in [5, 5.41) is 14.0. The fourth-order valence-corrected chi connectivity index (χ4v) is 1.37. The summed E-state index contributed by atoms with van der Waals surface area (Å²) in [6.07, 6.45) is 0.325. The maximum Gasteiger partial charge on any atom is 0.239 e. The van der Waals surface area contributed by atoms with Crippen molar-refractivity contribution in [2.45, 2.75) is 13.3 Å². The highest BCUT2D eigenvalue weighted by atomic mass is 16.5. The molecule has 0 bridgehead atoms. The average Bonchev–Trinajstić information content (AvgIpc) is 2.38. The van der Waals surface area contributed by atoms with Crippen molar-refractivity contribution in [2.24, 2.45) is 0 Å². The SMILES string of the molecule is CCOc1cccc(NCC(=O)NCCC#N)c1. The average molecular weight is 247 g/mol. The molecule has 0 heterocycles. The summed E-state index contributed by atoms with van der Waals surface area (Å²) >= 11 is 0. The summed E-state index contributed by atoms with van der Waals surface area (Å²) in [7, 11) is 0. The van der Waals surface area contributed by atoms with E-state index in [1.807, 2.05) is 37.3 Å². The molecule has 0 radical (unpaired) electrons. The topological polar surface area (TPSA) is 74.2 Å². The van der Waals surface area contributed by atoms with Crippen LogP contribution in [0.1, 0.15) is 13.3 Å². The van der Waals surface area contributed by atoms with Crippen LogP contribution in [0.15, 0.2) is 24.3 Å². The van der Waals surface area contributed by atoms with Crippen LogP contribution in [-0.4, -0.2) is 25.6 Å². The van der Waals surface area contributed by atoms with Crippen LogP contribution >= 0.6 is 0 Å². The maximum absolute atomic E-state index is 11.4. The van der Waals surface area contributed by atoms with Gasteiger partial charge >= 0.3 is 0 Å². The predicted octanol–water partition coefficient (Wildman–Crippen LogP) is 1.53. The molecule has 1 aromatic carbocycles. The van der Waals surface area contributed by atoms with Crippen LogP contribution in [0.4, 0.5) is 5.69 Å². The minimum absolute atomic E-state index is 0.132. The van der Waals surface area contributed by atoms with E-state index < -0.39 is 0 Å². The van der Waals surface area contributed by atoms with Crippen molar-refractivity contribution in [1.82, 2.24) is 5.32 Å². The molecule has 0 saturated heterocycles. The van der Waals surface area contributed by atoms with Gasteiger partial charge < -0.3 is 15.4 Å². The second kappa shape index (κ2) is 7.96. The van der Waals surface area contributed by atoms with Gasteiger partial charge in [-0.15, -0.1) is 0 Å². The molecule has 0 unspecified atom stereocenters. The fourth-order valence-electron chi connectivity index (χ4n) is 1.37. The third-order valence-electron chi connectivity index (χ3n) is 2.16. The van der Waals surface area contributed by atoms with Crippen LogP contribution in [0.25, 0.3) is 0 Å². The number of hydrogen-bond acceptors (Lipinski definition) is 4. The second-order valence-electron chi connectivity index (χ2n) is 3.57. The molecule has 5 nitrogen and oxygen atoms in total. The quantitative estimate of drug-likeness (QED) is 0.716. The number of nitrogens with zero attached hydrogens (tertiary/aromatic N) is 1. The van der Waals surface area contributed by atoms with Crippen molar-refractivity contribution in [3.8, 4) is 11.8 Å². The molecule has 0 atom stereocenters. The van der Waals surface area contributed by atoms with Crippen LogP contribution in [-0.2, 0) is 4.79 Å². The van der Waals surface area contributed by atoms with Crippen molar-refractivity contribution in [3.63, 3.8) is 0 Å². The number of carbonyl (C=O) groups excluding carboxylic acids is 1. The summed E-state index contributed by atoms with van der Waals surface area (Å²) in [5.41, 5.74) is 0.830. The van der Waals surface area contributed by atoms with Crippen LogP contribution in [0.2, 0.25) is 0 Å². The fraction of sp³-hybridized carbons (Fsp3) is 0.385. The Hall–Kier alpha value is -2.22. The van der Waals surface area contributed by atoms with E-state index in [1.165, 1.54) is 0 Å². The monoisotopic (exact) mass is 247 g/mol. The van der Waals surface area contributed by atoms with Crippen molar-refractivity contribution in [3.05, 3.63) is 24.3 Å². The van der Waals surface area contributed by atoms with Gasteiger partial charge in [0.2, 0.25) is 5.91 Å². The molecule has 5 heteroatoms. The van der Waals surface area contributed by atoms with Crippen molar-refractivity contribution >= 4 is 11.6 Å². The third-order valence-corrected chi connectivity index (χ3v) is 2.16. The number of anilines is 1. The number of nitriles is 1. The second-order valence-corrected chi connectivity index (χ2v) is 3.57. The van der Waals surface area contributed by atoms with E-state index >= 15 is 0 Å². The molecule has 1 amide bonds. The standard InChI is InChI=1S/C13H17N3O2/c1-2-18-12-6-3-5-11(9-12)16-10-13(17)15-8-4-7-14/h3,5-6,9,16H,2,4,8,10H2,1H3,(H,15,17). The minimum atomic E-state index is -0.132. The summed E-state index contributed by atoms with van der Waals surface area (Å²) < 4.78 is 5.36. The van der Waals surface area contributed by atoms with Gasteiger partial charge in [-0.25, -0.2) is 0 Å². The predicted molar refractivity (Wildman–Crippen MR) is 69.3 cm³/mol. The van der Waals surface area contributed by atoms with E-state index in [9.17, 15) is 4.79 Å². The number of rotatable bonds is 7. The lowest BCUT2D eigenvalue weighted by molar-refractivity contribution is -0.119. The number of carbonyl (C=O) groups is 1. The van der Waals surface area contributed by atoms with E-state index in [0.29, 0.717) is 19.6 Å². The number of benzene rings is 1. The molecule has 1 aromatic rings. The zero-order valence-corrected chi connectivity index (χ0v) is 10.4. The number of hydrogen-bond donors (Lipinski definition) is 2. The Bertz CT molecular complexity index is 426. The Morgan fingerprint density at radius 1 is 1.50 bits per heavy atom. The highest BCUT2D eigenvalue weighted by molar-refractivity contribution is 5.80. The highest BCUT2D eigenvalue weighted by Crippen LogP contribution is 2.16. The van der Waals surface area contributed by atoms with E-state index in [-0.39, 0.29) is 12.5 Å². The number of ether oxygens (including phenoxy) is 1. The molecule has 0 fully saturated rings. The van der Waals surface area contributed by atoms with Gasteiger partial charge in [-0.1, -0.05) is 6.07 Å². The molecule has 0 aromatic heterocycles. The van der Waals surface area contributed by atoms with Crippen molar-refractivity contribution in [1.29, 1.82) is 5.26 Å². The molecule has 96 valence electrons. The lowest BCUT2D eigenvalue weighted by Gasteiger charge is -2.08. The zero-order valence-electron chi connectivity index (χ0n) is 10.4. The van der Waals surface area contributed by atoms with Gasteiger partial charge in [0.1, 0.15) is 5.75 Å². The largest absolute Gasteiger partial charge is 0.494 e. The maximum atomic E-state index is 11.4. The first-order chi connectivity index (χ1) is 8.76. The summed E-state index contributed by atoms with van der Waals surface area (Å²) in [6, 6.07) is 9.40. The first kappa shape index (κ1) is 13.8. The number of amides is 1. The third kappa shape index (κ3) is 5.21. The molecule has 18 heavy (non-hydrogen) atoms. The Balaban J connectivity index is 2.36. The van der Waals surface area contributed by atoms with Gasteiger partial charge in [-0.3, -0.25) is 4.79 Å². The van der Waals surface area contributed by atoms with Crippen molar-refractivity contribution < 1.29 is 9.53 Å². The summed E-state index contributed by atoms with van der Waals surface area (Å²) in [4.78, 5) is 11.4. The molecular formula is C13H17N3O2. The van der Waals surface area contributed by atoms with E-state index in [1.54, 1.807) is 0 Å². The van der Waals surface area contributed by atoms with Crippen molar-refractivity contribution in [2.75, 3.05) is 25.0 Å². The Kier molecular flexibility index (Phi) is 6.12. The van der Waals surface area contributed by atoms with E-state index in [4.69, 9.17) is 10.00 Å². The van der Waals surface area contributed by atoms with Gasteiger partial charge in [0, 0.05) is 18.3 Å². The molecule has 1 rings (SSSR count). The molecule has 0 aliphatic carbocycles. The smallest absolute Gasteiger partial charge is 0.239 e. The Labute approximate surface area is 107 Å². The van der Waals surface area contributed by atoms with Crippen LogP contribution in [0, 0.1) is 11.3 Å². The first-order valence-electron chi connectivity index (χ1n) is 5.86. The first-order valence-corrected chi connectivity index (χ1v) is 5.86. The number of nitrogens with one attached hydrogen (secondary N) is 2. The summed E-state index contributed by atoms with van der Waals surface area (Å²) in [6.45, 7) is 3.10. The highest BCUT2D eigenvalue weighted by Gasteiger charge is 2.01. The lowest BCUT2D eigenvalue weighted by Crippen LogP contribution is -2.30. The lowest BCUT2D eigenvalue weighted by atomic mass is 10.3. The van der Waals surface area contributed by atoms with Gasteiger partial charge in [-0.05, 0) is 19.1 Å². The minimum Gasteiger partial charge on any atom is -0.494 e. The zero-order chi connectivity index (χ0) is 13.2. The molecule has 0 aliphatic rings.